The number of aliphatic imine (C=N–C) groups is 2. The van der Waals surface area contributed by atoms with Crippen LogP contribution in [0.1, 0.15) is 48.2 Å². The maximum absolute atomic E-state index is 5.92. The van der Waals surface area contributed by atoms with Gasteiger partial charge >= 0.3 is 0 Å². The number of benzene rings is 3. The van der Waals surface area contributed by atoms with Gasteiger partial charge in [0.1, 0.15) is 5.75 Å². The molecule has 43 heavy (non-hydrogen) atoms. The van der Waals surface area contributed by atoms with Crippen LogP contribution in [0.15, 0.2) is 107 Å². The smallest absolute Gasteiger partial charge is 0.179 e. The summed E-state index contributed by atoms with van der Waals surface area (Å²) in [6.45, 7) is 4.25. The first-order chi connectivity index (χ1) is 21.2. The van der Waals surface area contributed by atoms with Crippen molar-refractivity contribution in [2.75, 3.05) is 17.3 Å². The zero-order valence-electron chi connectivity index (χ0n) is 24.5. The molecule has 7 rings (SSSR count). The minimum absolute atomic E-state index is 0.277. The Morgan fingerprint density at radius 2 is 1.67 bits per heavy atom. The van der Waals surface area contributed by atoms with E-state index < -0.39 is 0 Å². The van der Waals surface area contributed by atoms with Crippen LogP contribution in [0.3, 0.4) is 0 Å². The van der Waals surface area contributed by atoms with Crippen molar-refractivity contribution in [3.8, 4) is 11.6 Å². The number of nitrogens with one attached hydrogen (secondary N) is 1. The molecule has 8 nitrogen and oxygen atoms in total. The first-order valence-corrected chi connectivity index (χ1v) is 14.7. The fraction of sp³-hybridized carbons (Fsp3) is 0.200. The summed E-state index contributed by atoms with van der Waals surface area (Å²) in [5, 5.41) is 8.57. The molecular formula is C35H33N7O. The maximum Gasteiger partial charge on any atom is 0.179 e. The van der Waals surface area contributed by atoms with Gasteiger partial charge < -0.3 is 15.0 Å². The number of amidine groups is 2. The van der Waals surface area contributed by atoms with E-state index in [0.717, 1.165) is 51.9 Å². The largest absolute Gasteiger partial charge is 0.496 e. The summed E-state index contributed by atoms with van der Waals surface area (Å²) < 4.78 is 7.75. The van der Waals surface area contributed by atoms with Crippen LogP contribution >= 0.6 is 0 Å². The van der Waals surface area contributed by atoms with Crippen molar-refractivity contribution < 1.29 is 4.74 Å². The average molecular weight is 568 g/mol. The molecule has 0 spiro atoms. The van der Waals surface area contributed by atoms with Gasteiger partial charge in [0.15, 0.2) is 23.3 Å². The minimum Gasteiger partial charge on any atom is -0.496 e. The molecule has 2 aliphatic rings. The Morgan fingerprint density at radius 1 is 0.884 bits per heavy atom. The topological polar surface area (TPSA) is 79.9 Å². The van der Waals surface area contributed by atoms with Crippen LogP contribution in [0.2, 0.25) is 0 Å². The molecule has 1 N–H and O–H groups in total. The summed E-state index contributed by atoms with van der Waals surface area (Å²) >= 11 is 0. The Hall–Kier alpha value is -5.24. The van der Waals surface area contributed by atoms with E-state index in [1.54, 1.807) is 13.3 Å². The van der Waals surface area contributed by atoms with Crippen molar-refractivity contribution in [2.24, 2.45) is 9.98 Å². The molecule has 0 aliphatic carbocycles. The van der Waals surface area contributed by atoms with Crippen molar-refractivity contribution >= 4 is 34.6 Å². The lowest BCUT2D eigenvalue weighted by Gasteiger charge is -2.40. The number of pyridine rings is 1. The lowest BCUT2D eigenvalue weighted by Crippen LogP contribution is -2.46. The minimum atomic E-state index is -0.277. The molecule has 5 aromatic rings. The number of methoxy groups -OCH3 is 1. The highest BCUT2D eigenvalue weighted by Gasteiger charge is 2.42. The summed E-state index contributed by atoms with van der Waals surface area (Å²) in [5.41, 5.74) is 6.99. The molecule has 0 amide bonds. The van der Waals surface area contributed by atoms with Gasteiger partial charge in [-0.3, -0.25) is 0 Å². The van der Waals surface area contributed by atoms with E-state index in [9.17, 15) is 0 Å². The Balaban J connectivity index is 1.43. The summed E-state index contributed by atoms with van der Waals surface area (Å²) in [4.78, 5) is 17.3. The summed E-state index contributed by atoms with van der Waals surface area (Å²) in [5.74, 6) is 3.59. The molecule has 214 valence electrons. The second-order valence-electron chi connectivity index (χ2n) is 10.7. The lowest BCUT2D eigenvalue weighted by molar-refractivity contribution is 0.407. The van der Waals surface area contributed by atoms with E-state index in [1.165, 1.54) is 18.4 Å². The number of anilines is 2. The van der Waals surface area contributed by atoms with Gasteiger partial charge in [-0.1, -0.05) is 61.9 Å². The van der Waals surface area contributed by atoms with Crippen molar-refractivity contribution in [1.82, 2.24) is 14.8 Å². The zero-order valence-corrected chi connectivity index (χ0v) is 24.5. The fourth-order valence-corrected chi connectivity index (χ4v) is 5.90. The van der Waals surface area contributed by atoms with Gasteiger partial charge in [0.2, 0.25) is 0 Å². The van der Waals surface area contributed by atoms with Gasteiger partial charge in [0.25, 0.3) is 0 Å². The molecule has 0 saturated heterocycles. The molecule has 3 aromatic carbocycles. The van der Waals surface area contributed by atoms with Crippen LogP contribution in [-0.4, -0.2) is 33.5 Å². The van der Waals surface area contributed by atoms with E-state index in [1.807, 2.05) is 66.2 Å². The highest BCUT2D eigenvalue weighted by atomic mass is 16.5. The van der Waals surface area contributed by atoms with Crippen LogP contribution in [0.25, 0.3) is 5.82 Å². The third-order valence-electron chi connectivity index (χ3n) is 7.97. The van der Waals surface area contributed by atoms with E-state index >= 15 is 0 Å². The summed E-state index contributed by atoms with van der Waals surface area (Å²) in [7, 11) is 1.71. The van der Waals surface area contributed by atoms with Gasteiger partial charge in [0, 0.05) is 23.0 Å². The number of unbranched alkanes of at least 4 members (excludes halogenated alkanes) is 1. The third kappa shape index (κ3) is 4.74. The average Bonchev–Trinajstić information content (AvgIpc) is 3.39. The Labute approximate surface area is 251 Å². The van der Waals surface area contributed by atoms with E-state index in [2.05, 4.69) is 58.5 Å². The third-order valence-corrected chi connectivity index (χ3v) is 7.97. The molecule has 0 saturated carbocycles. The lowest BCUT2D eigenvalue weighted by atomic mass is 9.92. The van der Waals surface area contributed by atoms with Crippen molar-refractivity contribution in [1.29, 1.82) is 0 Å². The number of aromatic nitrogens is 3. The standard InChI is InChI=1S/C35H33N7O/c1-4-5-12-24-18-20-25(21-19-24)37-33-35-39-34-31(23(2)40-42(34)30-17-10-11-22-36-30)32(26-13-6-9-16-29(26)43-3)41(35)28-15-8-7-14-27(28)38-33/h6-11,13-22,32H,4-5,12H2,1-3H3,(H,37,38). The molecule has 0 radical (unpaired) electrons. The predicted molar refractivity (Wildman–Crippen MR) is 173 cm³/mol. The second-order valence-corrected chi connectivity index (χ2v) is 10.7. The number of hydrogen-bond acceptors (Lipinski definition) is 7. The number of ether oxygens (including phenoxy) is 1. The predicted octanol–water partition coefficient (Wildman–Crippen LogP) is 7.72. The van der Waals surface area contributed by atoms with Gasteiger partial charge in [0.05, 0.1) is 30.2 Å². The van der Waals surface area contributed by atoms with E-state index in [0.29, 0.717) is 17.5 Å². The Kier molecular flexibility index (Phi) is 6.95. The van der Waals surface area contributed by atoms with E-state index in [4.69, 9.17) is 19.8 Å². The monoisotopic (exact) mass is 567 g/mol. The molecule has 2 aromatic heterocycles. The molecule has 0 bridgehead atoms. The summed E-state index contributed by atoms with van der Waals surface area (Å²) in [6, 6.07) is 30.5. The SMILES string of the molecule is CCCCc1ccc(NC2=Nc3ccccc3N3C2=Nc2c(c(C)nn2-c2ccccn2)C3c2ccccc2OC)cc1. The molecule has 2 aliphatic heterocycles. The second kappa shape index (κ2) is 11.2. The molecule has 0 fully saturated rings. The van der Waals surface area contributed by atoms with Gasteiger partial charge in [-0.2, -0.15) is 9.78 Å². The Morgan fingerprint density at radius 3 is 2.47 bits per heavy atom. The zero-order chi connectivity index (χ0) is 29.3. The number of para-hydroxylation sites is 3. The number of aryl methyl sites for hydroxylation is 2. The molecule has 4 heterocycles. The van der Waals surface area contributed by atoms with Crippen molar-refractivity contribution in [3.63, 3.8) is 0 Å². The van der Waals surface area contributed by atoms with Gasteiger partial charge in [-0.25, -0.2) is 15.0 Å². The first-order valence-electron chi connectivity index (χ1n) is 14.7. The van der Waals surface area contributed by atoms with Gasteiger partial charge in [-0.15, -0.1) is 0 Å². The Bertz CT molecular complexity index is 1840. The van der Waals surface area contributed by atoms with Gasteiger partial charge in [-0.05, 0) is 67.8 Å². The van der Waals surface area contributed by atoms with Crippen molar-refractivity contribution in [3.05, 3.63) is 120 Å². The number of nitrogens with zero attached hydrogens (tertiary/aromatic N) is 6. The number of fused-ring (bicyclic) bond motifs is 4. The normalized spacial score (nSPS) is 15.1. The fourth-order valence-electron chi connectivity index (χ4n) is 5.90. The van der Waals surface area contributed by atoms with Crippen LogP contribution in [0, 0.1) is 6.92 Å². The molecule has 1 atom stereocenters. The van der Waals surface area contributed by atoms with Crippen molar-refractivity contribution in [2.45, 2.75) is 39.2 Å². The first kappa shape index (κ1) is 26.6. The number of hydrogen-bond donors (Lipinski definition) is 1. The number of rotatable bonds is 7. The van der Waals surface area contributed by atoms with Crippen LogP contribution in [0.4, 0.5) is 22.9 Å². The highest BCUT2D eigenvalue weighted by Crippen LogP contribution is 2.49. The highest BCUT2D eigenvalue weighted by molar-refractivity contribution is 6.51. The maximum atomic E-state index is 5.92. The van der Waals surface area contributed by atoms with Crippen LogP contribution in [0.5, 0.6) is 5.75 Å². The molecular weight excluding hydrogens is 534 g/mol. The summed E-state index contributed by atoms with van der Waals surface area (Å²) in [6.07, 6.45) is 5.20. The molecule has 8 heteroatoms. The van der Waals surface area contributed by atoms with E-state index in [-0.39, 0.29) is 6.04 Å². The van der Waals surface area contributed by atoms with Crippen LogP contribution < -0.4 is 15.0 Å². The quantitative estimate of drug-likeness (QED) is 0.218. The van der Waals surface area contributed by atoms with Crippen LogP contribution in [-0.2, 0) is 6.42 Å². The molecule has 1 unspecified atom stereocenters.